The van der Waals surface area contributed by atoms with Gasteiger partial charge in [-0.05, 0) is 37.0 Å². The molecule has 0 fully saturated rings. The van der Waals surface area contributed by atoms with E-state index in [0.717, 1.165) is 30.8 Å². The molecule has 0 heterocycles. The summed E-state index contributed by atoms with van der Waals surface area (Å²) in [5.74, 6) is 1.57. The molecule has 0 aliphatic rings. The third-order valence-electron chi connectivity index (χ3n) is 2.72. The lowest BCUT2D eigenvalue weighted by Crippen LogP contribution is -1.93. The van der Waals surface area contributed by atoms with E-state index in [2.05, 4.69) is 19.6 Å². The van der Waals surface area contributed by atoms with Gasteiger partial charge in [0.2, 0.25) is 0 Å². The molecule has 16 heavy (non-hydrogen) atoms. The SMILES string of the molecule is C=C(CC)CCc1ccc(OC)c(OC)c1. The fourth-order valence-electron chi connectivity index (χ4n) is 1.53. The second-order valence-corrected chi connectivity index (χ2v) is 3.79. The molecule has 0 aliphatic carbocycles. The maximum Gasteiger partial charge on any atom is 0.160 e. The first-order valence-corrected chi connectivity index (χ1v) is 5.58. The number of rotatable bonds is 6. The molecule has 1 aromatic carbocycles. The van der Waals surface area contributed by atoms with Crippen molar-refractivity contribution in [3.63, 3.8) is 0 Å². The molecule has 0 radical (unpaired) electrons. The van der Waals surface area contributed by atoms with E-state index < -0.39 is 0 Å². The molecule has 1 rings (SSSR count). The zero-order chi connectivity index (χ0) is 12.0. The molecule has 0 spiro atoms. The van der Waals surface area contributed by atoms with Crippen LogP contribution in [0, 0.1) is 0 Å². The predicted octanol–water partition coefficient (Wildman–Crippen LogP) is 3.60. The lowest BCUT2D eigenvalue weighted by molar-refractivity contribution is 0.354. The summed E-state index contributed by atoms with van der Waals surface area (Å²) in [6.45, 7) is 6.14. The zero-order valence-corrected chi connectivity index (χ0v) is 10.4. The third kappa shape index (κ3) is 3.30. The predicted molar refractivity (Wildman–Crippen MR) is 67.3 cm³/mol. The van der Waals surface area contributed by atoms with Crippen LogP contribution in [0.25, 0.3) is 0 Å². The first kappa shape index (κ1) is 12.6. The van der Waals surface area contributed by atoms with Crippen molar-refractivity contribution in [2.24, 2.45) is 0 Å². The van der Waals surface area contributed by atoms with Gasteiger partial charge in [0.05, 0.1) is 14.2 Å². The Hall–Kier alpha value is -1.44. The van der Waals surface area contributed by atoms with E-state index in [4.69, 9.17) is 9.47 Å². The first-order chi connectivity index (χ1) is 7.71. The summed E-state index contributed by atoms with van der Waals surface area (Å²) in [5.41, 5.74) is 2.54. The molecular formula is C14H20O2. The van der Waals surface area contributed by atoms with Crippen molar-refractivity contribution >= 4 is 0 Å². The number of hydrogen-bond donors (Lipinski definition) is 0. The van der Waals surface area contributed by atoms with Gasteiger partial charge < -0.3 is 9.47 Å². The van der Waals surface area contributed by atoms with Gasteiger partial charge in [0.25, 0.3) is 0 Å². The van der Waals surface area contributed by atoms with Gasteiger partial charge in [0, 0.05) is 0 Å². The topological polar surface area (TPSA) is 18.5 Å². The maximum atomic E-state index is 5.26. The Kier molecular flexibility index (Phi) is 4.90. The molecule has 0 atom stereocenters. The van der Waals surface area contributed by atoms with Crippen LogP contribution in [0.5, 0.6) is 11.5 Å². The quantitative estimate of drug-likeness (QED) is 0.682. The van der Waals surface area contributed by atoms with Crippen LogP contribution in [0.3, 0.4) is 0 Å². The Morgan fingerprint density at radius 3 is 2.44 bits per heavy atom. The normalized spacial score (nSPS) is 9.94. The van der Waals surface area contributed by atoms with E-state index in [1.807, 2.05) is 12.1 Å². The second kappa shape index (κ2) is 6.21. The van der Waals surface area contributed by atoms with Crippen LogP contribution in [0.15, 0.2) is 30.4 Å². The van der Waals surface area contributed by atoms with E-state index in [1.54, 1.807) is 14.2 Å². The summed E-state index contributed by atoms with van der Waals surface area (Å²) in [4.78, 5) is 0. The molecule has 0 bridgehead atoms. The number of aryl methyl sites for hydroxylation is 1. The van der Waals surface area contributed by atoms with Crippen LogP contribution in [0.1, 0.15) is 25.3 Å². The maximum absolute atomic E-state index is 5.26. The number of ether oxygens (including phenoxy) is 2. The summed E-state index contributed by atoms with van der Waals surface area (Å²) >= 11 is 0. The minimum atomic E-state index is 0.778. The van der Waals surface area contributed by atoms with E-state index in [1.165, 1.54) is 11.1 Å². The third-order valence-corrected chi connectivity index (χ3v) is 2.72. The van der Waals surface area contributed by atoms with Crippen molar-refractivity contribution in [2.45, 2.75) is 26.2 Å². The summed E-state index contributed by atoms with van der Waals surface area (Å²) in [6.07, 6.45) is 3.09. The second-order valence-electron chi connectivity index (χ2n) is 3.79. The van der Waals surface area contributed by atoms with Gasteiger partial charge in [0.1, 0.15) is 0 Å². The van der Waals surface area contributed by atoms with E-state index in [-0.39, 0.29) is 0 Å². The van der Waals surface area contributed by atoms with Crippen LogP contribution in [0.4, 0.5) is 0 Å². The van der Waals surface area contributed by atoms with Crippen LogP contribution in [-0.4, -0.2) is 14.2 Å². The fourth-order valence-corrected chi connectivity index (χ4v) is 1.53. The van der Waals surface area contributed by atoms with Gasteiger partial charge >= 0.3 is 0 Å². The van der Waals surface area contributed by atoms with Crippen LogP contribution >= 0.6 is 0 Å². The summed E-state index contributed by atoms with van der Waals surface area (Å²) in [7, 11) is 3.31. The smallest absolute Gasteiger partial charge is 0.160 e. The van der Waals surface area contributed by atoms with Gasteiger partial charge in [0.15, 0.2) is 11.5 Å². The van der Waals surface area contributed by atoms with Gasteiger partial charge in [-0.15, -0.1) is 0 Å². The zero-order valence-electron chi connectivity index (χ0n) is 10.4. The molecule has 0 unspecified atom stereocenters. The number of benzene rings is 1. The average molecular weight is 220 g/mol. The largest absolute Gasteiger partial charge is 0.493 e. The highest BCUT2D eigenvalue weighted by Crippen LogP contribution is 2.28. The van der Waals surface area contributed by atoms with E-state index in [9.17, 15) is 0 Å². The highest BCUT2D eigenvalue weighted by molar-refractivity contribution is 5.43. The van der Waals surface area contributed by atoms with Crippen molar-refractivity contribution in [1.82, 2.24) is 0 Å². The van der Waals surface area contributed by atoms with Gasteiger partial charge in [-0.3, -0.25) is 0 Å². The van der Waals surface area contributed by atoms with Gasteiger partial charge in [-0.1, -0.05) is 25.1 Å². The Balaban J connectivity index is 2.71. The van der Waals surface area contributed by atoms with Crippen molar-refractivity contribution in [3.05, 3.63) is 35.9 Å². The van der Waals surface area contributed by atoms with Gasteiger partial charge in [-0.25, -0.2) is 0 Å². The lowest BCUT2D eigenvalue weighted by Gasteiger charge is -2.09. The monoisotopic (exact) mass is 220 g/mol. The summed E-state index contributed by atoms with van der Waals surface area (Å²) in [6, 6.07) is 6.05. The Labute approximate surface area is 97.9 Å². The highest BCUT2D eigenvalue weighted by atomic mass is 16.5. The first-order valence-electron chi connectivity index (χ1n) is 5.58. The van der Waals surface area contributed by atoms with Crippen molar-refractivity contribution < 1.29 is 9.47 Å². The molecular weight excluding hydrogens is 200 g/mol. The van der Waals surface area contributed by atoms with Crippen LogP contribution in [-0.2, 0) is 6.42 Å². The molecule has 0 aliphatic heterocycles. The molecule has 1 aromatic rings. The minimum Gasteiger partial charge on any atom is -0.493 e. The van der Waals surface area contributed by atoms with Crippen LogP contribution in [0.2, 0.25) is 0 Å². The molecule has 0 amide bonds. The Morgan fingerprint density at radius 2 is 1.88 bits per heavy atom. The minimum absolute atomic E-state index is 0.778. The highest BCUT2D eigenvalue weighted by Gasteiger charge is 2.04. The average Bonchev–Trinajstić information content (AvgIpc) is 2.35. The van der Waals surface area contributed by atoms with Crippen molar-refractivity contribution in [1.29, 1.82) is 0 Å². The standard InChI is InChI=1S/C14H20O2/c1-5-11(2)6-7-12-8-9-13(15-3)14(10-12)16-4/h8-10H,2,5-7H2,1,3-4H3. The number of hydrogen-bond acceptors (Lipinski definition) is 2. The Morgan fingerprint density at radius 1 is 1.19 bits per heavy atom. The summed E-state index contributed by atoms with van der Waals surface area (Å²) in [5, 5.41) is 0. The molecule has 2 nitrogen and oxygen atoms in total. The summed E-state index contributed by atoms with van der Waals surface area (Å²) < 4.78 is 10.5. The van der Waals surface area contributed by atoms with E-state index >= 15 is 0 Å². The number of methoxy groups -OCH3 is 2. The molecule has 88 valence electrons. The fraction of sp³-hybridized carbons (Fsp3) is 0.429. The molecule has 0 saturated carbocycles. The Bertz CT molecular complexity index is 356. The van der Waals surface area contributed by atoms with E-state index in [0.29, 0.717) is 0 Å². The van der Waals surface area contributed by atoms with Crippen LogP contribution < -0.4 is 9.47 Å². The molecule has 0 aromatic heterocycles. The van der Waals surface area contributed by atoms with Crippen molar-refractivity contribution in [3.8, 4) is 11.5 Å². The molecule has 2 heteroatoms. The molecule has 0 saturated heterocycles. The van der Waals surface area contributed by atoms with Crippen molar-refractivity contribution in [2.75, 3.05) is 14.2 Å². The van der Waals surface area contributed by atoms with Gasteiger partial charge in [-0.2, -0.15) is 0 Å². The number of allylic oxidation sites excluding steroid dienone is 1. The lowest BCUT2D eigenvalue weighted by atomic mass is 10.0. The molecule has 0 N–H and O–H groups in total.